The third kappa shape index (κ3) is 3.54. The van der Waals surface area contributed by atoms with E-state index in [4.69, 9.17) is 4.74 Å². The summed E-state index contributed by atoms with van der Waals surface area (Å²) in [5.74, 6) is 0.0265. The Hall–Kier alpha value is -2.66. The van der Waals surface area contributed by atoms with Crippen LogP contribution in [0.5, 0.6) is 0 Å². The fourth-order valence-electron chi connectivity index (χ4n) is 4.11. The maximum atomic E-state index is 13.6. The first-order valence-electron chi connectivity index (χ1n) is 9.91. The highest BCUT2D eigenvalue weighted by atomic mass is 16.5. The highest BCUT2D eigenvalue weighted by molar-refractivity contribution is 6.00. The van der Waals surface area contributed by atoms with Crippen molar-refractivity contribution in [3.63, 3.8) is 0 Å². The first-order chi connectivity index (χ1) is 13.5. The summed E-state index contributed by atoms with van der Waals surface area (Å²) in [7, 11) is 1.98. The molecule has 3 aromatic rings. The zero-order valence-electron chi connectivity index (χ0n) is 16.8. The summed E-state index contributed by atoms with van der Waals surface area (Å²) in [6.45, 7) is 6.04. The number of fused-ring (bicyclic) bond motifs is 1. The number of carbonyl (C=O) groups is 1. The van der Waals surface area contributed by atoms with Crippen molar-refractivity contribution < 1.29 is 9.53 Å². The Balaban J connectivity index is 1.70. The van der Waals surface area contributed by atoms with Gasteiger partial charge in [0.25, 0.3) is 5.91 Å². The van der Waals surface area contributed by atoms with Crippen LogP contribution in [0.2, 0.25) is 0 Å². The molecule has 1 amide bonds. The molecule has 1 unspecified atom stereocenters. The fourth-order valence-corrected chi connectivity index (χ4v) is 4.11. The largest absolute Gasteiger partial charge is 0.376 e. The van der Waals surface area contributed by atoms with Crippen LogP contribution in [0, 0.1) is 13.8 Å². The van der Waals surface area contributed by atoms with E-state index in [1.54, 1.807) is 6.20 Å². The molecule has 2 aromatic heterocycles. The average molecular weight is 377 g/mol. The number of nitrogens with zero attached hydrogens (tertiary/aromatic N) is 3. The minimum atomic E-state index is 0.0265. The maximum absolute atomic E-state index is 13.6. The molecule has 1 aromatic carbocycles. The van der Waals surface area contributed by atoms with Crippen LogP contribution in [0.4, 0.5) is 0 Å². The molecule has 0 saturated carbocycles. The summed E-state index contributed by atoms with van der Waals surface area (Å²) in [4.78, 5) is 19.9. The van der Waals surface area contributed by atoms with E-state index < -0.39 is 0 Å². The van der Waals surface area contributed by atoms with E-state index in [-0.39, 0.29) is 12.0 Å². The number of aryl methyl sites for hydroxylation is 3. The molecule has 1 aliphatic heterocycles. The summed E-state index contributed by atoms with van der Waals surface area (Å²) in [6, 6.07) is 12.1. The predicted molar refractivity (Wildman–Crippen MR) is 110 cm³/mol. The van der Waals surface area contributed by atoms with E-state index >= 15 is 0 Å². The van der Waals surface area contributed by atoms with Crippen molar-refractivity contribution in [3.8, 4) is 0 Å². The summed E-state index contributed by atoms with van der Waals surface area (Å²) >= 11 is 0. The minimum Gasteiger partial charge on any atom is -0.376 e. The molecular formula is C23H27N3O2. The van der Waals surface area contributed by atoms with E-state index in [9.17, 15) is 4.79 Å². The minimum absolute atomic E-state index is 0.0265. The molecule has 0 N–H and O–H groups in total. The number of benzene rings is 1. The van der Waals surface area contributed by atoms with Gasteiger partial charge in [-0.2, -0.15) is 0 Å². The summed E-state index contributed by atoms with van der Waals surface area (Å²) < 4.78 is 7.84. The van der Waals surface area contributed by atoms with Crippen molar-refractivity contribution in [3.05, 3.63) is 65.1 Å². The lowest BCUT2D eigenvalue weighted by atomic mass is 10.1. The van der Waals surface area contributed by atoms with E-state index in [1.165, 1.54) is 11.1 Å². The lowest BCUT2D eigenvalue weighted by molar-refractivity contribution is 0.0497. The van der Waals surface area contributed by atoms with Crippen molar-refractivity contribution in [2.24, 2.45) is 7.05 Å². The van der Waals surface area contributed by atoms with Gasteiger partial charge in [0, 0.05) is 31.8 Å². The van der Waals surface area contributed by atoms with Crippen LogP contribution >= 0.6 is 0 Å². The van der Waals surface area contributed by atoms with Crippen LogP contribution < -0.4 is 0 Å². The van der Waals surface area contributed by atoms with Crippen LogP contribution in [0.3, 0.4) is 0 Å². The molecule has 1 saturated heterocycles. The smallest absolute Gasteiger partial charge is 0.270 e. The van der Waals surface area contributed by atoms with Gasteiger partial charge >= 0.3 is 0 Å². The van der Waals surface area contributed by atoms with Crippen molar-refractivity contribution in [2.75, 3.05) is 13.2 Å². The normalized spacial score (nSPS) is 16.6. The zero-order chi connectivity index (χ0) is 19.7. The van der Waals surface area contributed by atoms with Gasteiger partial charge in [-0.1, -0.05) is 18.2 Å². The Kier molecular flexibility index (Phi) is 5.18. The fraction of sp³-hybridized carbons (Fsp3) is 0.391. The molecule has 4 rings (SSSR count). The first kappa shape index (κ1) is 18.7. The zero-order valence-corrected chi connectivity index (χ0v) is 16.8. The van der Waals surface area contributed by atoms with Crippen molar-refractivity contribution in [2.45, 2.75) is 39.3 Å². The van der Waals surface area contributed by atoms with E-state index in [0.29, 0.717) is 18.8 Å². The van der Waals surface area contributed by atoms with Crippen molar-refractivity contribution in [1.29, 1.82) is 0 Å². The Morgan fingerprint density at radius 3 is 2.75 bits per heavy atom. The van der Waals surface area contributed by atoms with Crippen LogP contribution in [-0.2, 0) is 18.3 Å². The topological polar surface area (TPSA) is 47.4 Å². The quantitative estimate of drug-likeness (QED) is 0.675. The van der Waals surface area contributed by atoms with Gasteiger partial charge in [0.2, 0.25) is 0 Å². The van der Waals surface area contributed by atoms with E-state index in [1.807, 2.05) is 40.8 Å². The number of carbonyl (C=O) groups excluding carboxylic acids is 1. The lowest BCUT2D eigenvalue weighted by Gasteiger charge is -2.25. The van der Waals surface area contributed by atoms with Crippen LogP contribution in [0.1, 0.15) is 40.2 Å². The number of pyridine rings is 1. The van der Waals surface area contributed by atoms with E-state index in [2.05, 4.69) is 31.0 Å². The van der Waals surface area contributed by atoms with Crippen molar-refractivity contribution in [1.82, 2.24) is 14.5 Å². The second-order valence-corrected chi connectivity index (χ2v) is 7.69. The molecule has 0 bridgehead atoms. The molecule has 146 valence electrons. The molecule has 0 radical (unpaired) electrons. The molecule has 1 aliphatic rings. The van der Waals surface area contributed by atoms with Gasteiger partial charge in [0.15, 0.2) is 0 Å². The van der Waals surface area contributed by atoms with Crippen LogP contribution in [-0.4, -0.2) is 39.6 Å². The van der Waals surface area contributed by atoms with Gasteiger partial charge in [-0.15, -0.1) is 0 Å². The van der Waals surface area contributed by atoms with Gasteiger partial charge < -0.3 is 14.2 Å². The third-order valence-corrected chi connectivity index (χ3v) is 5.65. The summed E-state index contributed by atoms with van der Waals surface area (Å²) in [6.07, 6.45) is 3.93. The molecule has 1 atom stereocenters. The number of ether oxygens (including phenoxy) is 1. The second kappa shape index (κ2) is 7.76. The van der Waals surface area contributed by atoms with Gasteiger partial charge in [-0.3, -0.25) is 9.78 Å². The van der Waals surface area contributed by atoms with E-state index in [0.717, 1.165) is 36.0 Å². The Morgan fingerprint density at radius 1 is 1.25 bits per heavy atom. The lowest BCUT2D eigenvalue weighted by Crippen LogP contribution is -2.38. The summed E-state index contributed by atoms with van der Waals surface area (Å²) in [5, 5.41) is 1.14. The highest BCUT2D eigenvalue weighted by Gasteiger charge is 2.26. The maximum Gasteiger partial charge on any atom is 0.270 e. The number of amides is 1. The van der Waals surface area contributed by atoms with Gasteiger partial charge in [0.05, 0.1) is 23.9 Å². The highest BCUT2D eigenvalue weighted by Crippen LogP contribution is 2.27. The molecule has 28 heavy (non-hydrogen) atoms. The molecule has 3 heterocycles. The monoisotopic (exact) mass is 377 g/mol. The van der Waals surface area contributed by atoms with Gasteiger partial charge in [-0.05, 0) is 56.0 Å². The Labute approximate surface area is 165 Å². The molecular weight excluding hydrogens is 350 g/mol. The first-order valence-corrected chi connectivity index (χ1v) is 9.91. The van der Waals surface area contributed by atoms with Crippen molar-refractivity contribution >= 4 is 16.8 Å². The molecule has 0 aliphatic carbocycles. The standard InChI is InChI=1S/C23H27N3O2/c1-16-9-10-17(2)22-20(16)13-21(25(22)3)23(27)26(15-19-8-6-12-28-19)14-18-7-4-5-11-24-18/h4-5,7,9-11,13,19H,6,8,12,14-15H2,1-3H3. The molecule has 5 heteroatoms. The number of hydrogen-bond donors (Lipinski definition) is 0. The van der Waals surface area contributed by atoms with Crippen LogP contribution in [0.15, 0.2) is 42.6 Å². The second-order valence-electron chi connectivity index (χ2n) is 7.69. The third-order valence-electron chi connectivity index (χ3n) is 5.65. The Bertz CT molecular complexity index is 988. The molecule has 1 fully saturated rings. The average Bonchev–Trinajstić information content (AvgIpc) is 3.33. The van der Waals surface area contributed by atoms with Gasteiger partial charge in [0.1, 0.15) is 5.69 Å². The number of rotatable bonds is 5. The molecule has 5 nitrogen and oxygen atoms in total. The van der Waals surface area contributed by atoms with Crippen LogP contribution in [0.25, 0.3) is 10.9 Å². The molecule has 0 spiro atoms. The predicted octanol–water partition coefficient (Wildman–Crippen LogP) is 4.01. The van der Waals surface area contributed by atoms with Gasteiger partial charge in [-0.25, -0.2) is 0 Å². The summed E-state index contributed by atoms with van der Waals surface area (Å²) in [5.41, 5.74) is 5.09. The number of aromatic nitrogens is 2. The SMILES string of the molecule is Cc1ccc(C)c2c1cc(C(=O)N(Cc1ccccn1)CC1CCCO1)n2C. The Morgan fingerprint density at radius 2 is 2.07 bits per heavy atom. The number of hydrogen-bond acceptors (Lipinski definition) is 3.